The van der Waals surface area contributed by atoms with Gasteiger partial charge in [-0.1, -0.05) is 20.3 Å². The Morgan fingerprint density at radius 1 is 1.11 bits per heavy atom. The van der Waals surface area contributed by atoms with Gasteiger partial charge in [-0.15, -0.1) is 0 Å². The summed E-state index contributed by atoms with van der Waals surface area (Å²) in [6, 6.07) is 1.48. The second kappa shape index (κ2) is 7.61. The van der Waals surface area contributed by atoms with Crippen LogP contribution in [0.3, 0.4) is 0 Å². The van der Waals surface area contributed by atoms with E-state index in [1.807, 2.05) is 7.11 Å². The standard InChI is InChI=1S/C16H32N2O/c1-4-13-6-7-15(17-5-2)16(12-13)18-10-8-14(19-3)9-11-18/h13-17H,4-12H2,1-3H3. The molecule has 0 radical (unpaired) electrons. The molecule has 1 aliphatic carbocycles. The third-order valence-corrected chi connectivity index (χ3v) is 5.25. The van der Waals surface area contributed by atoms with Crippen LogP contribution in [0.25, 0.3) is 0 Å². The largest absolute Gasteiger partial charge is 0.381 e. The lowest BCUT2D eigenvalue weighted by molar-refractivity contribution is 0.00766. The molecule has 2 aliphatic rings. The van der Waals surface area contributed by atoms with Gasteiger partial charge in [0, 0.05) is 32.3 Å². The van der Waals surface area contributed by atoms with Gasteiger partial charge in [0.05, 0.1) is 6.10 Å². The zero-order valence-corrected chi connectivity index (χ0v) is 13.0. The van der Waals surface area contributed by atoms with Crippen molar-refractivity contribution in [2.24, 2.45) is 5.92 Å². The molecule has 1 N–H and O–H groups in total. The first-order valence-electron chi connectivity index (χ1n) is 8.28. The van der Waals surface area contributed by atoms with E-state index in [0.29, 0.717) is 12.1 Å². The molecular weight excluding hydrogens is 236 g/mol. The second-order valence-electron chi connectivity index (χ2n) is 6.29. The SMILES string of the molecule is CCNC1CCC(CC)CC1N1CCC(OC)CC1. The Kier molecular flexibility index (Phi) is 6.11. The van der Waals surface area contributed by atoms with Crippen LogP contribution in [0.5, 0.6) is 0 Å². The topological polar surface area (TPSA) is 24.5 Å². The van der Waals surface area contributed by atoms with Crippen molar-refractivity contribution >= 4 is 0 Å². The molecule has 0 amide bonds. The molecule has 3 unspecified atom stereocenters. The van der Waals surface area contributed by atoms with Gasteiger partial charge in [0.1, 0.15) is 0 Å². The lowest BCUT2D eigenvalue weighted by Gasteiger charge is -2.45. The lowest BCUT2D eigenvalue weighted by atomic mass is 9.79. The molecule has 3 nitrogen and oxygen atoms in total. The van der Waals surface area contributed by atoms with E-state index in [4.69, 9.17) is 4.74 Å². The number of hydrogen-bond acceptors (Lipinski definition) is 3. The van der Waals surface area contributed by atoms with Gasteiger partial charge in [0.15, 0.2) is 0 Å². The molecule has 0 bridgehead atoms. The molecular formula is C16H32N2O. The van der Waals surface area contributed by atoms with Gasteiger partial charge in [0.2, 0.25) is 0 Å². The van der Waals surface area contributed by atoms with Crippen molar-refractivity contribution in [3.63, 3.8) is 0 Å². The minimum Gasteiger partial charge on any atom is -0.381 e. The van der Waals surface area contributed by atoms with E-state index >= 15 is 0 Å². The fourth-order valence-electron chi connectivity index (χ4n) is 3.95. The van der Waals surface area contributed by atoms with Crippen LogP contribution in [0.4, 0.5) is 0 Å². The zero-order valence-electron chi connectivity index (χ0n) is 13.0. The number of likely N-dealkylation sites (tertiary alicyclic amines) is 1. The third-order valence-electron chi connectivity index (χ3n) is 5.25. The summed E-state index contributed by atoms with van der Waals surface area (Å²) in [5, 5.41) is 3.73. The van der Waals surface area contributed by atoms with Crippen LogP contribution in [-0.2, 0) is 4.74 Å². The van der Waals surface area contributed by atoms with Crippen LogP contribution < -0.4 is 5.32 Å². The van der Waals surface area contributed by atoms with Gasteiger partial charge in [-0.25, -0.2) is 0 Å². The van der Waals surface area contributed by atoms with Crippen molar-refractivity contribution in [3.05, 3.63) is 0 Å². The molecule has 2 fully saturated rings. The number of nitrogens with zero attached hydrogens (tertiary/aromatic N) is 1. The van der Waals surface area contributed by atoms with Gasteiger partial charge in [-0.3, -0.25) is 4.90 Å². The second-order valence-corrected chi connectivity index (χ2v) is 6.29. The van der Waals surface area contributed by atoms with Crippen molar-refractivity contribution < 1.29 is 4.74 Å². The maximum Gasteiger partial charge on any atom is 0.0595 e. The van der Waals surface area contributed by atoms with Gasteiger partial charge >= 0.3 is 0 Å². The van der Waals surface area contributed by atoms with Gasteiger partial charge < -0.3 is 10.1 Å². The monoisotopic (exact) mass is 268 g/mol. The Morgan fingerprint density at radius 2 is 1.84 bits per heavy atom. The van der Waals surface area contributed by atoms with Crippen LogP contribution in [0.2, 0.25) is 0 Å². The average Bonchev–Trinajstić information content (AvgIpc) is 2.48. The molecule has 112 valence electrons. The average molecular weight is 268 g/mol. The van der Waals surface area contributed by atoms with E-state index in [-0.39, 0.29) is 0 Å². The normalized spacial score (nSPS) is 34.6. The number of methoxy groups -OCH3 is 1. The summed E-state index contributed by atoms with van der Waals surface area (Å²) in [6.07, 6.45) is 8.45. The molecule has 1 aliphatic heterocycles. The highest BCUT2D eigenvalue weighted by Crippen LogP contribution is 2.31. The summed E-state index contributed by atoms with van der Waals surface area (Å²) in [4.78, 5) is 2.74. The van der Waals surface area contributed by atoms with Crippen LogP contribution in [0.15, 0.2) is 0 Å². The van der Waals surface area contributed by atoms with Crippen LogP contribution in [-0.4, -0.2) is 49.8 Å². The Labute approximate surface area is 119 Å². The van der Waals surface area contributed by atoms with Crippen molar-refractivity contribution in [1.82, 2.24) is 10.2 Å². The molecule has 2 rings (SSSR count). The molecule has 1 saturated heterocycles. The minimum absolute atomic E-state index is 0.499. The molecule has 0 aromatic carbocycles. The predicted octanol–water partition coefficient (Wildman–Crippen LogP) is 2.65. The molecule has 0 aromatic rings. The van der Waals surface area contributed by atoms with Gasteiger partial charge in [-0.05, 0) is 44.6 Å². The van der Waals surface area contributed by atoms with E-state index in [2.05, 4.69) is 24.1 Å². The highest BCUT2D eigenvalue weighted by atomic mass is 16.5. The Hall–Kier alpha value is -0.120. The summed E-state index contributed by atoms with van der Waals surface area (Å²) in [5.74, 6) is 0.944. The quantitative estimate of drug-likeness (QED) is 0.829. The summed E-state index contributed by atoms with van der Waals surface area (Å²) < 4.78 is 5.50. The van der Waals surface area contributed by atoms with E-state index in [1.54, 1.807) is 0 Å². The molecule has 3 atom stereocenters. The molecule has 1 heterocycles. The maximum atomic E-state index is 5.50. The highest BCUT2D eigenvalue weighted by Gasteiger charge is 2.34. The summed E-state index contributed by atoms with van der Waals surface area (Å²) in [7, 11) is 1.86. The van der Waals surface area contributed by atoms with Crippen LogP contribution in [0.1, 0.15) is 52.4 Å². The third kappa shape index (κ3) is 3.93. The Morgan fingerprint density at radius 3 is 2.42 bits per heavy atom. The molecule has 1 saturated carbocycles. The van der Waals surface area contributed by atoms with Crippen molar-refractivity contribution in [1.29, 1.82) is 0 Å². The van der Waals surface area contributed by atoms with E-state index in [0.717, 1.165) is 18.5 Å². The predicted molar refractivity (Wildman–Crippen MR) is 80.5 cm³/mol. The minimum atomic E-state index is 0.499. The molecule has 0 aromatic heterocycles. The zero-order chi connectivity index (χ0) is 13.7. The summed E-state index contributed by atoms with van der Waals surface area (Å²) in [5.41, 5.74) is 0. The van der Waals surface area contributed by atoms with Gasteiger partial charge in [0.25, 0.3) is 0 Å². The molecule has 0 spiro atoms. The number of rotatable bonds is 5. The maximum absolute atomic E-state index is 5.50. The number of ether oxygens (including phenoxy) is 1. The first-order valence-corrected chi connectivity index (χ1v) is 8.28. The number of piperidine rings is 1. The van der Waals surface area contributed by atoms with E-state index in [1.165, 1.54) is 51.6 Å². The smallest absolute Gasteiger partial charge is 0.0595 e. The fourth-order valence-corrected chi connectivity index (χ4v) is 3.95. The van der Waals surface area contributed by atoms with Crippen LogP contribution in [0, 0.1) is 5.92 Å². The first-order chi connectivity index (χ1) is 9.28. The van der Waals surface area contributed by atoms with Crippen molar-refractivity contribution in [3.8, 4) is 0 Å². The number of nitrogens with one attached hydrogen (secondary N) is 1. The highest BCUT2D eigenvalue weighted by molar-refractivity contribution is 4.92. The summed E-state index contributed by atoms with van der Waals surface area (Å²) >= 11 is 0. The fraction of sp³-hybridized carbons (Fsp3) is 1.00. The Balaban J connectivity index is 1.93. The van der Waals surface area contributed by atoms with Crippen molar-refractivity contribution in [2.45, 2.75) is 70.6 Å². The number of likely N-dealkylation sites (N-methyl/N-ethyl adjacent to an activating group) is 1. The van der Waals surface area contributed by atoms with E-state index < -0.39 is 0 Å². The summed E-state index contributed by atoms with van der Waals surface area (Å²) in [6.45, 7) is 8.14. The molecule has 3 heteroatoms. The number of hydrogen-bond donors (Lipinski definition) is 1. The molecule has 19 heavy (non-hydrogen) atoms. The first kappa shape index (κ1) is 15.3. The van der Waals surface area contributed by atoms with E-state index in [9.17, 15) is 0 Å². The van der Waals surface area contributed by atoms with Gasteiger partial charge in [-0.2, -0.15) is 0 Å². The van der Waals surface area contributed by atoms with Crippen molar-refractivity contribution in [2.75, 3.05) is 26.7 Å². The Bertz CT molecular complexity index is 251. The van der Waals surface area contributed by atoms with Crippen LogP contribution >= 0.6 is 0 Å². The lowest BCUT2D eigenvalue weighted by Crippen LogP contribution is -2.55.